The molecule has 0 bridgehead atoms. The third-order valence-corrected chi connectivity index (χ3v) is 4.56. The van der Waals surface area contributed by atoms with E-state index in [1.54, 1.807) is 0 Å². The molecule has 0 aliphatic carbocycles. The van der Waals surface area contributed by atoms with Gasteiger partial charge in [-0.05, 0) is 92.9 Å². The Bertz CT molecular complexity index is 210. The van der Waals surface area contributed by atoms with Gasteiger partial charge in [0, 0.05) is 6.04 Å². The van der Waals surface area contributed by atoms with Gasteiger partial charge in [-0.2, -0.15) is 0 Å². The summed E-state index contributed by atoms with van der Waals surface area (Å²) in [4.78, 5) is 7.09. The number of nitrogens with zero attached hydrogens (tertiary/aromatic N) is 3. The third kappa shape index (κ3) is 61.5. The summed E-state index contributed by atoms with van der Waals surface area (Å²) < 4.78 is 0. The van der Waals surface area contributed by atoms with E-state index in [0.29, 0.717) is 0 Å². The maximum atomic E-state index is 2.70. The summed E-state index contributed by atoms with van der Waals surface area (Å²) in [5, 5.41) is 0. The lowest BCUT2D eigenvalue weighted by Crippen LogP contribution is -2.42. The summed E-state index contributed by atoms with van der Waals surface area (Å²) in [7, 11) is 8.19. The molecule has 240 valence electrons. The van der Waals surface area contributed by atoms with Gasteiger partial charge in [0.2, 0.25) is 0 Å². The van der Waals surface area contributed by atoms with E-state index in [2.05, 4.69) is 16.8 Å². The fourth-order valence-electron chi connectivity index (χ4n) is 3.43. The van der Waals surface area contributed by atoms with Crippen LogP contribution in [0.5, 0.6) is 0 Å². The Hall–Kier alpha value is -0.120. The largest absolute Gasteiger partial charge is 0.312 e. The Kier molecular flexibility index (Phi) is 116. The van der Waals surface area contributed by atoms with Crippen molar-refractivity contribution < 1.29 is 0 Å². The highest BCUT2D eigenvalue weighted by Gasteiger charge is 2.24. The smallest absolute Gasteiger partial charge is 0.00952 e. The minimum absolute atomic E-state index is 0. The molecule has 0 aromatic rings. The zero-order valence-electron chi connectivity index (χ0n) is 29.1. The monoisotopic (exact) mass is 540 g/mol. The Morgan fingerprint density at radius 1 is 0.432 bits per heavy atom. The number of hydrogen-bond donors (Lipinski definition) is 0. The van der Waals surface area contributed by atoms with Gasteiger partial charge in [-0.3, -0.25) is 0 Å². The molecule has 3 heterocycles. The average molecular weight is 540 g/mol. The first-order valence-electron chi connectivity index (χ1n) is 16.1. The van der Waals surface area contributed by atoms with Gasteiger partial charge in [-0.15, -0.1) is 0 Å². The number of piperidine rings is 3. The molecular weight excluding hydrogens is 450 g/mol. The Labute approximate surface area is 244 Å². The van der Waals surface area contributed by atoms with Crippen LogP contribution in [0.3, 0.4) is 0 Å². The first-order chi connectivity index (χ1) is 17.1. The van der Waals surface area contributed by atoms with E-state index < -0.39 is 0 Å². The molecule has 3 aliphatic rings. The van der Waals surface area contributed by atoms with Gasteiger partial charge in [-0.25, -0.2) is 0 Å². The number of hydrogen-bond acceptors (Lipinski definition) is 3. The molecule has 0 spiro atoms. The van der Waals surface area contributed by atoms with Gasteiger partial charge in [0.25, 0.3) is 0 Å². The van der Waals surface area contributed by atoms with Crippen molar-refractivity contribution in [3.05, 3.63) is 0 Å². The zero-order valence-corrected chi connectivity index (χ0v) is 29.1. The number of likely N-dealkylation sites (tertiary alicyclic amines) is 1. The van der Waals surface area contributed by atoms with E-state index >= 15 is 0 Å². The topological polar surface area (TPSA) is 9.72 Å². The summed E-state index contributed by atoms with van der Waals surface area (Å²) in [5.41, 5.74) is 0. The molecule has 3 heteroatoms. The standard InChI is InChI=1S/C9H17N.C6H13N.C3H9N.7C2H6.2CH4/c1-3-7-10-8-4-2-6-9(10)5-1;1-7-5-3-2-4-6-7;1-4(2)3;7*1-2;;/h9H,1-8H2;2-6H2,1H3;1-3H3;7*1-2H3;2*1H4. The first-order valence-corrected chi connectivity index (χ1v) is 16.1. The van der Waals surface area contributed by atoms with Gasteiger partial charge >= 0.3 is 0 Å². The van der Waals surface area contributed by atoms with Crippen molar-refractivity contribution in [2.75, 3.05) is 54.4 Å². The average Bonchev–Trinajstić information content (AvgIpc) is 2.97. The number of rotatable bonds is 0. The van der Waals surface area contributed by atoms with Crippen LogP contribution < -0.4 is 0 Å². The van der Waals surface area contributed by atoms with Crippen LogP contribution in [0.1, 0.15) is 170 Å². The highest BCUT2D eigenvalue weighted by atomic mass is 15.2. The maximum absolute atomic E-state index is 2.70. The molecule has 3 nitrogen and oxygen atoms in total. The summed E-state index contributed by atoms with van der Waals surface area (Å²) in [6.45, 7) is 33.4. The Morgan fingerprint density at radius 2 is 0.676 bits per heavy atom. The van der Waals surface area contributed by atoms with E-state index in [4.69, 9.17) is 0 Å². The minimum Gasteiger partial charge on any atom is -0.312 e. The van der Waals surface area contributed by atoms with Crippen LogP contribution in [-0.4, -0.2) is 75.1 Å². The van der Waals surface area contributed by atoms with Gasteiger partial charge in [0.15, 0.2) is 0 Å². The van der Waals surface area contributed by atoms with Crippen LogP contribution in [0, 0.1) is 0 Å². The fraction of sp³-hybridized carbons (Fsp3) is 1.00. The summed E-state index contributed by atoms with van der Waals surface area (Å²) in [5.74, 6) is 0. The molecule has 0 unspecified atom stereocenters. The quantitative estimate of drug-likeness (QED) is 0.303. The van der Waals surface area contributed by atoms with Crippen LogP contribution in [0.15, 0.2) is 0 Å². The Balaban J connectivity index is -0.0000000373. The molecule has 0 aromatic carbocycles. The lowest BCUT2D eigenvalue weighted by Gasteiger charge is -2.39. The molecule has 0 radical (unpaired) electrons. The Morgan fingerprint density at radius 3 is 0.865 bits per heavy atom. The summed E-state index contributed by atoms with van der Waals surface area (Å²) in [6, 6.07) is 0.988. The molecule has 3 fully saturated rings. The molecular formula is C34H89N3. The van der Waals surface area contributed by atoms with Crippen LogP contribution in [0.4, 0.5) is 0 Å². The van der Waals surface area contributed by atoms with Crippen molar-refractivity contribution in [1.82, 2.24) is 14.7 Å². The minimum atomic E-state index is 0. The number of fused-ring (bicyclic) bond motifs is 1. The molecule has 0 saturated carbocycles. The van der Waals surface area contributed by atoms with Gasteiger partial charge in [0.05, 0.1) is 0 Å². The molecule has 3 saturated heterocycles. The lowest BCUT2D eigenvalue weighted by atomic mass is 9.93. The van der Waals surface area contributed by atoms with Crippen molar-refractivity contribution in [2.45, 2.75) is 176 Å². The summed E-state index contributed by atoms with van der Waals surface area (Å²) >= 11 is 0. The van der Waals surface area contributed by atoms with Crippen molar-refractivity contribution >= 4 is 0 Å². The SMILES string of the molecule is C.C.C1CCN2CCCCC2C1.CC.CC.CC.CC.CC.CC.CC.CN(C)C.CN1CCCCC1. The van der Waals surface area contributed by atoms with Gasteiger partial charge in [0.1, 0.15) is 0 Å². The van der Waals surface area contributed by atoms with E-state index in [1.807, 2.05) is 123 Å². The van der Waals surface area contributed by atoms with E-state index in [0.717, 1.165) is 6.04 Å². The van der Waals surface area contributed by atoms with Crippen LogP contribution in [0.2, 0.25) is 0 Å². The van der Waals surface area contributed by atoms with Crippen LogP contribution in [0.25, 0.3) is 0 Å². The normalized spacial score (nSPS) is 15.0. The molecule has 37 heavy (non-hydrogen) atoms. The predicted molar refractivity (Wildman–Crippen MR) is 187 cm³/mol. The van der Waals surface area contributed by atoms with Gasteiger partial charge < -0.3 is 14.7 Å². The van der Waals surface area contributed by atoms with Crippen LogP contribution >= 0.6 is 0 Å². The molecule has 0 N–H and O–H groups in total. The second-order valence-electron chi connectivity index (χ2n) is 7.39. The molecule has 0 amide bonds. The van der Waals surface area contributed by atoms with Crippen molar-refractivity contribution in [3.8, 4) is 0 Å². The zero-order chi connectivity index (χ0) is 29.5. The highest BCUT2D eigenvalue weighted by Crippen LogP contribution is 2.25. The second kappa shape index (κ2) is 70.5. The van der Waals surface area contributed by atoms with Crippen molar-refractivity contribution in [3.63, 3.8) is 0 Å². The lowest BCUT2D eigenvalue weighted by molar-refractivity contribution is 0.109. The van der Waals surface area contributed by atoms with E-state index in [1.165, 1.54) is 84.0 Å². The maximum Gasteiger partial charge on any atom is 0.00952 e. The first kappa shape index (κ1) is 61.1. The third-order valence-electron chi connectivity index (χ3n) is 4.56. The molecule has 0 atom stereocenters. The van der Waals surface area contributed by atoms with E-state index in [9.17, 15) is 0 Å². The van der Waals surface area contributed by atoms with E-state index in [-0.39, 0.29) is 14.9 Å². The molecule has 3 aliphatic heterocycles. The molecule has 0 aromatic heterocycles. The predicted octanol–water partition coefficient (Wildman–Crippen LogP) is 11.8. The van der Waals surface area contributed by atoms with Crippen molar-refractivity contribution in [2.24, 2.45) is 0 Å². The van der Waals surface area contributed by atoms with Crippen molar-refractivity contribution in [1.29, 1.82) is 0 Å². The molecule has 3 rings (SSSR count). The fourth-order valence-corrected chi connectivity index (χ4v) is 3.43. The van der Waals surface area contributed by atoms with Gasteiger partial charge in [-0.1, -0.05) is 131 Å². The summed E-state index contributed by atoms with van der Waals surface area (Å²) in [6.07, 6.45) is 13.1. The second-order valence-corrected chi connectivity index (χ2v) is 7.39. The highest BCUT2D eigenvalue weighted by molar-refractivity contribution is 4.80. The van der Waals surface area contributed by atoms with Crippen LogP contribution in [-0.2, 0) is 0 Å².